The van der Waals surface area contributed by atoms with Gasteiger partial charge in [0.05, 0.1) is 17.4 Å². The monoisotopic (exact) mass is 388 g/mol. The van der Waals surface area contributed by atoms with Crippen LogP contribution in [0.4, 0.5) is 5.69 Å². The highest BCUT2D eigenvalue weighted by Gasteiger charge is 2.15. The number of aromatic amines is 1. The van der Waals surface area contributed by atoms with E-state index in [0.717, 1.165) is 33.3 Å². The van der Waals surface area contributed by atoms with Gasteiger partial charge in [-0.2, -0.15) is 5.10 Å². The molecule has 3 aromatic rings. The number of benzene rings is 2. The van der Waals surface area contributed by atoms with E-state index in [1.807, 2.05) is 27.1 Å². The molecule has 4 N–H and O–H groups in total. The lowest BCUT2D eigenvalue weighted by molar-refractivity contribution is 0.554. The van der Waals surface area contributed by atoms with E-state index in [9.17, 15) is 0 Å². The zero-order valence-electron chi connectivity index (χ0n) is 13.8. The summed E-state index contributed by atoms with van der Waals surface area (Å²) in [7, 11) is 1.93. The Hall–Kier alpha value is -1.46. The molecule has 132 valence electrons. The van der Waals surface area contributed by atoms with Gasteiger partial charge >= 0.3 is 0 Å². The minimum absolute atomic E-state index is 0. The van der Waals surface area contributed by atoms with Crippen LogP contribution in [0.25, 0.3) is 22.0 Å². The van der Waals surface area contributed by atoms with E-state index < -0.39 is 0 Å². The Morgan fingerprint density at radius 2 is 1.62 bits per heavy atom. The fourth-order valence-electron chi connectivity index (χ4n) is 2.61. The van der Waals surface area contributed by atoms with Gasteiger partial charge in [-0.3, -0.25) is 5.10 Å². The molecule has 1 aromatic heterocycles. The van der Waals surface area contributed by atoms with Crippen molar-refractivity contribution in [3.8, 4) is 11.1 Å². The summed E-state index contributed by atoms with van der Waals surface area (Å²) >= 11 is 0. The number of anilines is 1. The molecule has 0 aliphatic heterocycles. The normalized spacial score (nSPS) is 10.3. The van der Waals surface area contributed by atoms with Crippen molar-refractivity contribution in [2.45, 2.75) is 19.4 Å². The molecule has 0 spiro atoms. The summed E-state index contributed by atoms with van der Waals surface area (Å²) in [6.07, 6.45) is 1.85. The van der Waals surface area contributed by atoms with Crippen LogP contribution in [0.2, 0.25) is 0 Å². The predicted octanol–water partition coefficient (Wildman–Crippen LogP) is 4.73. The van der Waals surface area contributed by atoms with E-state index in [4.69, 9.17) is 5.73 Å². The average molecular weight is 390 g/mol. The molecule has 1 heterocycles. The average Bonchev–Trinajstić information content (AvgIpc) is 2.94. The van der Waals surface area contributed by atoms with Crippen LogP contribution < -0.4 is 11.1 Å². The summed E-state index contributed by atoms with van der Waals surface area (Å²) in [5, 5.41) is 11.5. The fraction of sp³-hybridized carbons (Fsp3) is 0.235. The SMILES string of the molecule is CNc1c(-c2ccc(C(C)(C)N)cc2)ccc2[nH]ncc12.Cl.Cl.Cl. The van der Waals surface area contributed by atoms with Crippen LogP contribution in [0.15, 0.2) is 42.6 Å². The molecule has 0 fully saturated rings. The van der Waals surface area contributed by atoms with E-state index in [-0.39, 0.29) is 42.8 Å². The van der Waals surface area contributed by atoms with Crippen LogP contribution in [-0.4, -0.2) is 17.2 Å². The first-order valence-electron chi connectivity index (χ1n) is 7.04. The van der Waals surface area contributed by atoms with Crippen LogP contribution in [0.3, 0.4) is 0 Å². The number of nitrogens with zero attached hydrogens (tertiary/aromatic N) is 1. The summed E-state index contributed by atoms with van der Waals surface area (Å²) in [5.41, 5.74) is 11.4. The molecule has 0 saturated carbocycles. The lowest BCUT2D eigenvalue weighted by Crippen LogP contribution is -2.28. The summed E-state index contributed by atoms with van der Waals surface area (Å²) in [5.74, 6) is 0. The van der Waals surface area contributed by atoms with Crippen LogP contribution in [0, 0.1) is 0 Å². The molecule has 0 atom stereocenters. The van der Waals surface area contributed by atoms with Crippen molar-refractivity contribution in [2.24, 2.45) is 5.73 Å². The van der Waals surface area contributed by atoms with Gasteiger partial charge in [-0.15, -0.1) is 37.2 Å². The molecule has 0 aliphatic carbocycles. The number of halogens is 3. The van der Waals surface area contributed by atoms with Crippen LogP contribution in [-0.2, 0) is 5.54 Å². The Kier molecular flexibility index (Phi) is 8.06. The van der Waals surface area contributed by atoms with Crippen molar-refractivity contribution in [3.63, 3.8) is 0 Å². The van der Waals surface area contributed by atoms with Crippen molar-refractivity contribution in [2.75, 3.05) is 12.4 Å². The number of fused-ring (bicyclic) bond motifs is 1. The molecular weight excluding hydrogens is 367 g/mol. The van der Waals surface area contributed by atoms with Crippen LogP contribution in [0.5, 0.6) is 0 Å². The molecule has 0 unspecified atom stereocenters. The molecule has 0 amide bonds. The van der Waals surface area contributed by atoms with Crippen molar-refractivity contribution in [1.29, 1.82) is 0 Å². The van der Waals surface area contributed by atoms with Gasteiger partial charge in [0.2, 0.25) is 0 Å². The highest BCUT2D eigenvalue weighted by molar-refractivity contribution is 5.99. The molecule has 3 rings (SSSR count). The number of hydrogen-bond acceptors (Lipinski definition) is 3. The Balaban J connectivity index is 0.00000176. The van der Waals surface area contributed by atoms with E-state index in [1.165, 1.54) is 0 Å². The second-order valence-electron chi connectivity index (χ2n) is 5.87. The van der Waals surface area contributed by atoms with Gasteiger partial charge in [-0.25, -0.2) is 0 Å². The van der Waals surface area contributed by atoms with Gasteiger partial charge in [-0.05, 0) is 31.0 Å². The lowest BCUT2D eigenvalue weighted by atomic mass is 9.93. The standard InChI is InChI=1S/C17H20N4.3ClH/c1-17(2,18)12-6-4-11(5-7-12)13-8-9-15-14(10-20-21-15)16(13)19-3;;;/h4-10,19H,18H2,1-3H3,(H,20,21);3*1H. The molecule has 7 heteroatoms. The quantitative estimate of drug-likeness (QED) is 0.606. The van der Waals surface area contributed by atoms with Crippen molar-refractivity contribution in [3.05, 3.63) is 48.2 Å². The first-order valence-corrected chi connectivity index (χ1v) is 7.04. The zero-order valence-corrected chi connectivity index (χ0v) is 16.2. The third-order valence-electron chi connectivity index (χ3n) is 3.81. The maximum absolute atomic E-state index is 6.14. The molecule has 0 aliphatic rings. The molecule has 2 aromatic carbocycles. The van der Waals surface area contributed by atoms with E-state index in [2.05, 4.69) is 51.9 Å². The van der Waals surface area contributed by atoms with Crippen LogP contribution >= 0.6 is 37.2 Å². The van der Waals surface area contributed by atoms with E-state index in [0.29, 0.717) is 0 Å². The lowest BCUT2D eigenvalue weighted by Gasteiger charge is -2.19. The van der Waals surface area contributed by atoms with Gasteiger partial charge in [0.1, 0.15) is 0 Å². The third kappa shape index (κ3) is 4.14. The van der Waals surface area contributed by atoms with Crippen molar-refractivity contribution >= 4 is 53.8 Å². The Labute approximate surface area is 160 Å². The Morgan fingerprint density at radius 1 is 1.00 bits per heavy atom. The summed E-state index contributed by atoms with van der Waals surface area (Å²) in [4.78, 5) is 0. The highest BCUT2D eigenvalue weighted by atomic mass is 35.5. The summed E-state index contributed by atoms with van der Waals surface area (Å²) < 4.78 is 0. The minimum Gasteiger partial charge on any atom is -0.387 e. The largest absolute Gasteiger partial charge is 0.387 e. The molecule has 4 nitrogen and oxygen atoms in total. The zero-order chi connectivity index (χ0) is 15.0. The molecular formula is C17H23Cl3N4. The van der Waals surface area contributed by atoms with Gasteiger partial charge in [-0.1, -0.05) is 30.3 Å². The van der Waals surface area contributed by atoms with Crippen molar-refractivity contribution < 1.29 is 0 Å². The maximum atomic E-state index is 6.14. The van der Waals surface area contributed by atoms with Crippen LogP contribution in [0.1, 0.15) is 19.4 Å². The molecule has 24 heavy (non-hydrogen) atoms. The molecule has 0 bridgehead atoms. The fourth-order valence-corrected chi connectivity index (χ4v) is 2.61. The van der Waals surface area contributed by atoms with Gasteiger partial charge < -0.3 is 11.1 Å². The first kappa shape index (κ1) is 22.5. The van der Waals surface area contributed by atoms with Crippen molar-refractivity contribution in [1.82, 2.24) is 10.2 Å². The van der Waals surface area contributed by atoms with Gasteiger partial charge in [0.15, 0.2) is 0 Å². The second kappa shape index (κ2) is 8.58. The minimum atomic E-state index is -0.321. The first-order chi connectivity index (χ1) is 10.0. The number of aromatic nitrogens is 2. The summed E-state index contributed by atoms with van der Waals surface area (Å²) in [6, 6.07) is 12.6. The predicted molar refractivity (Wildman–Crippen MR) is 110 cm³/mol. The number of nitrogens with one attached hydrogen (secondary N) is 2. The number of H-pyrrole nitrogens is 1. The Morgan fingerprint density at radius 3 is 2.17 bits per heavy atom. The Bertz CT molecular complexity index is 777. The number of nitrogens with two attached hydrogens (primary N) is 1. The van der Waals surface area contributed by atoms with E-state index in [1.54, 1.807) is 0 Å². The topological polar surface area (TPSA) is 66.7 Å². The highest BCUT2D eigenvalue weighted by Crippen LogP contribution is 2.34. The number of hydrogen-bond donors (Lipinski definition) is 3. The van der Waals surface area contributed by atoms with Gasteiger partial charge in [0, 0.05) is 23.5 Å². The number of rotatable bonds is 3. The molecule has 0 radical (unpaired) electrons. The smallest absolute Gasteiger partial charge is 0.0671 e. The third-order valence-corrected chi connectivity index (χ3v) is 3.81. The second-order valence-corrected chi connectivity index (χ2v) is 5.87. The molecule has 0 saturated heterocycles. The van der Waals surface area contributed by atoms with E-state index >= 15 is 0 Å². The summed E-state index contributed by atoms with van der Waals surface area (Å²) in [6.45, 7) is 4.02. The van der Waals surface area contributed by atoms with Gasteiger partial charge in [0.25, 0.3) is 0 Å². The maximum Gasteiger partial charge on any atom is 0.0671 e.